The van der Waals surface area contributed by atoms with Crippen molar-refractivity contribution < 1.29 is 0 Å². The van der Waals surface area contributed by atoms with E-state index in [2.05, 4.69) is 62.2 Å². The SMILES string of the molecule is CC1CCCN1Cc1cccc(CNC(C)(C)C)c1. The molecule has 2 heteroatoms. The van der Waals surface area contributed by atoms with Gasteiger partial charge in [0.25, 0.3) is 0 Å². The van der Waals surface area contributed by atoms with Crippen LogP contribution in [0.25, 0.3) is 0 Å². The molecular formula is C17H28N2. The third-order valence-corrected chi connectivity index (χ3v) is 3.89. The summed E-state index contributed by atoms with van der Waals surface area (Å²) in [5.41, 5.74) is 3.01. The van der Waals surface area contributed by atoms with Gasteiger partial charge >= 0.3 is 0 Å². The second-order valence-electron chi connectivity index (χ2n) is 6.89. The van der Waals surface area contributed by atoms with Crippen molar-refractivity contribution >= 4 is 0 Å². The van der Waals surface area contributed by atoms with E-state index >= 15 is 0 Å². The van der Waals surface area contributed by atoms with E-state index in [1.54, 1.807) is 0 Å². The zero-order valence-electron chi connectivity index (χ0n) is 12.9. The lowest BCUT2D eigenvalue weighted by Gasteiger charge is -2.22. The predicted molar refractivity (Wildman–Crippen MR) is 82.1 cm³/mol. The second-order valence-corrected chi connectivity index (χ2v) is 6.89. The van der Waals surface area contributed by atoms with Gasteiger partial charge in [0.1, 0.15) is 0 Å². The van der Waals surface area contributed by atoms with Crippen molar-refractivity contribution in [1.82, 2.24) is 10.2 Å². The van der Waals surface area contributed by atoms with Gasteiger partial charge in [0.15, 0.2) is 0 Å². The molecule has 0 saturated carbocycles. The second kappa shape index (κ2) is 6.06. The molecule has 1 saturated heterocycles. The molecule has 1 aromatic rings. The van der Waals surface area contributed by atoms with Crippen molar-refractivity contribution in [3.05, 3.63) is 35.4 Å². The quantitative estimate of drug-likeness (QED) is 0.890. The van der Waals surface area contributed by atoms with Crippen LogP contribution >= 0.6 is 0 Å². The third-order valence-electron chi connectivity index (χ3n) is 3.89. The lowest BCUT2D eigenvalue weighted by atomic mass is 10.1. The van der Waals surface area contributed by atoms with Crippen LogP contribution in [0.4, 0.5) is 0 Å². The zero-order chi connectivity index (χ0) is 13.9. The molecule has 1 aliphatic heterocycles. The van der Waals surface area contributed by atoms with E-state index in [0.29, 0.717) is 0 Å². The molecule has 0 aliphatic carbocycles. The van der Waals surface area contributed by atoms with Crippen molar-refractivity contribution in [2.75, 3.05) is 6.54 Å². The smallest absolute Gasteiger partial charge is 0.0236 e. The summed E-state index contributed by atoms with van der Waals surface area (Å²) in [7, 11) is 0. The third kappa shape index (κ3) is 4.63. The van der Waals surface area contributed by atoms with Crippen molar-refractivity contribution in [3.63, 3.8) is 0 Å². The number of benzene rings is 1. The van der Waals surface area contributed by atoms with Gasteiger partial charge < -0.3 is 5.32 Å². The molecule has 1 aliphatic rings. The van der Waals surface area contributed by atoms with Crippen LogP contribution < -0.4 is 5.32 Å². The Morgan fingerprint density at radius 2 is 2.00 bits per heavy atom. The van der Waals surface area contributed by atoms with E-state index in [0.717, 1.165) is 19.1 Å². The summed E-state index contributed by atoms with van der Waals surface area (Å²) in [5.74, 6) is 0. The van der Waals surface area contributed by atoms with Crippen LogP contribution in [0.1, 0.15) is 51.7 Å². The van der Waals surface area contributed by atoms with Gasteiger partial charge in [-0.3, -0.25) is 4.90 Å². The van der Waals surface area contributed by atoms with E-state index in [1.807, 2.05) is 0 Å². The summed E-state index contributed by atoms with van der Waals surface area (Å²) in [5, 5.41) is 3.55. The maximum Gasteiger partial charge on any atom is 0.0236 e. The van der Waals surface area contributed by atoms with Crippen LogP contribution in [-0.4, -0.2) is 23.0 Å². The van der Waals surface area contributed by atoms with Crippen LogP contribution in [0, 0.1) is 0 Å². The minimum atomic E-state index is 0.180. The highest BCUT2D eigenvalue weighted by Gasteiger charge is 2.19. The van der Waals surface area contributed by atoms with E-state index in [9.17, 15) is 0 Å². The molecule has 106 valence electrons. The van der Waals surface area contributed by atoms with Crippen LogP contribution in [0.5, 0.6) is 0 Å². The fourth-order valence-corrected chi connectivity index (χ4v) is 2.67. The van der Waals surface area contributed by atoms with Crippen LogP contribution in [0.15, 0.2) is 24.3 Å². The Hall–Kier alpha value is -0.860. The number of rotatable bonds is 4. The first-order valence-corrected chi connectivity index (χ1v) is 7.51. The Balaban J connectivity index is 1.95. The molecule has 1 heterocycles. The van der Waals surface area contributed by atoms with Crippen molar-refractivity contribution in [1.29, 1.82) is 0 Å². The van der Waals surface area contributed by atoms with E-state index in [1.165, 1.54) is 30.5 Å². The standard InChI is InChI=1S/C17H28N2/c1-14-7-6-10-19(14)13-16-9-5-8-15(11-16)12-18-17(2,3)4/h5,8-9,11,14,18H,6-7,10,12-13H2,1-4H3. The van der Waals surface area contributed by atoms with Crippen LogP contribution in [0.2, 0.25) is 0 Å². The molecule has 2 rings (SSSR count). The molecule has 1 atom stereocenters. The highest BCUT2D eigenvalue weighted by atomic mass is 15.2. The normalized spacial score (nSPS) is 20.9. The largest absolute Gasteiger partial charge is 0.308 e. The van der Waals surface area contributed by atoms with E-state index < -0.39 is 0 Å². The molecule has 1 N–H and O–H groups in total. The lowest BCUT2D eigenvalue weighted by Crippen LogP contribution is -2.35. The molecule has 0 aromatic heterocycles. The summed E-state index contributed by atoms with van der Waals surface area (Å²) in [6.07, 6.45) is 2.71. The number of hydrogen-bond donors (Lipinski definition) is 1. The maximum atomic E-state index is 3.55. The van der Waals surface area contributed by atoms with E-state index in [4.69, 9.17) is 0 Å². The molecule has 0 spiro atoms. The minimum Gasteiger partial charge on any atom is -0.308 e. The molecule has 0 radical (unpaired) electrons. The van der Waals surface area contributed by atoms with Crippen molar-refractivity contribution in [3.8, 4) is 0 Å². The number of hydrogen-bond acceptors (Lipinski definition) is 2. The molecule has 2 nitrogen and oxygen atoms in total. The topological polar surface area (TPSA) is 15.3 Å². The molecule has 19 heavy (non-hydrogen) atoms. The highest BCUT2D eigenvalue weighted by molar-refractivity contribution is 5.23. The fraction of sp³-hybridized carbons (Fsp3) is 0.647. The minimum absolute atomic E-state index is 0.180. The summed E-state index contributed by atoms with van der Waals surface area (Å²) < 4.78 is 0. The van der Waals surface area contributed by atoms with Crippen LogP contribution in [0.3, 0.4) is 0 Å². The Labute approximate surface area is 118 Å². The summed E-state index contributed by atoms with van der Waals surface area (Å²) in [6.45, 7) is 12.3. The molecule has 1 aromatic carbocycles. The van der Waals surface area contributed by atoms with Crippen molar-refractivity contribution in [2.45, 2.75) is 65.2 Å². The van der Waals surface area contributed by atoms with Gasteiger partial charge in [-0.2, -0.15) is 0 Å². The van der Waals surface area contributed by atoms with Crippen molar-refractivity contribution in [2.24, 2.45) is 0 Å². The number of nitrogens with zero attached hydrogens (tertiary/aromatic N) is 1. The van der Waals surface area contributed by atoms with Gasteiger partial charge in [0.2, 0.25) is 0 Å². The van der Waals surface area contributed by atoms with E-state index in [-0.39, 0.29) is 5.54 Å². The summed E-state index contributed by atoms with van der Waals surface area (Å²) in [4.78, 5) is 2.59. The first kappa shape index (κ1) is 14.5. The maximum absolute atomic E-state index is 3.55. The van der Waals surface area contributed by atoms with Gasteiger partial charge in [0, 0.05) is 24.7 Å². The summed E-state index contributed by atoms with van der Waals surface area (Å²) in [6, 6.07) is 9.76. The predicted octanol–water partition coefficient (Wildman–Crippen LogP) is 3.56. The highest BCUT2D eigenvalue weighted by Crippen LogP contribution is 2.19. The Kier molecular flexibility index (Phi) is 4.64. The van der Waals surface area contributed by atoms with Crippen LogP contribution in [-0.2, 0) is 13.1 Å². The molecule has 0 amide bonds. The van der Waals surface area contributed by atoms with Gasteiger partial charge in [-0.1, -0.05) is 24.3 Å². The monoisotopic (exact) mass is 260 g/mol. The van der Waals surface area contributed by atoms with Gasteiger partial charge in [-0.15, -0.1) is 0 Å². The van der Waals surface area contributed by atoms with Gasteiger partial charge in [0.05, 0.1) is 0 Å². The molecule has 1 unspecified atom stereocenters. The first-order chi connectivity index (χ1) is 8.94. The Bertz CT molecular complexity index is 406. The summed E-state index contributed by atoms with van der Waals surface area (Å²) >= 11 is 0. The van der Waals surface area contributed by atoms with Gasteiger partial charge in [-0.25, -0.2) is 0 Å². The molecular weight excluding hydrogens is 232 g/mol. The van der Waals surface area contributed by atoms with Gasteiger partial charge in [-0.05, 0) is 58.2 Å². The first-order valence-electron chi connectivity index (χ1n) is 7.51. The fourth-order valence-electron chi connectivity index (χ4n) is 2.67. The zero-order valence-corrected chi connectivity index (χ0v) is 12.9. The lowest BCUT2D eigenvalue weighted by molar-refractivity contribution is 0.260. The average Bonchev–Trinajstić information content (AvgIpc) is 2.72. The Morgan fingerprint density at radius 3 is 2.63 bits per heavy atom. The number of likely N-dealkylation sites (tertiary alicyclic amines) is 1. The number of nitrogens with one attached hydrogen (secondary N) is 1. The Morgan fingerprint density at radius 1 is 1.26 bits per heavy atom. The average molecular weight is 260 g/mol. The molecule has 0 bridgehead atoms. The molecule has 1 fully saturated rings.